The topological polar surface area (TPSA) is 25.8 Å². The van der Waals surface area contributed by atoms with Crippen molar-refractivity contribution in [3.05, 3.63) is 34.8 Å². The third-order valence-electron chi connectivity index (χ3n) is 2.41. The van der Waals surface area contributed by atoms with Crippen molar-refractivity contribution in [1.29, 1.82) is 0 Å². The van der Waals surface area contributed by atoms with Crippen molar-refractivity contribution in [3.63, 3.8) is 0 Å². The van der Waals surface area contributed by atoms with Crippen molar-refractivity contribution in [2.75, 3.05) is 0 Å². The smallest absolute Gasteiger partial charge is 0.142 e. The number of nitrogens with zero attached hydrogens (tertiary/aromatic N) is 2. The van der Waals surface area contributed by atoms with Gasteiger partial charge in [0.15, 0.2) is 0 Å². The van der Waals surface area contributed by atoms with Crippen LogP contribution < -0.4 is 0 Å². The zero-order chi connectivity index (χ0) is 11.5. The minimum Gasteiger partial charge on any atom is -0.142 e. The number of aromatic nitrogens is 2. The molecule has 0 bridgehead atoms. The lowest BCUT2D eigenvalue weighted by Gasteiger charge is -2.02. The molecule has 2 rings (SSSR count). The number of hydrogen-bond acceptors (Lipinski definition) is 3. The van der Waals surface area contributed by atoms with Crippen LogP contribution in [0.15, 0.2) is 24.3 Å². The second-order valence-electron chi connectivity index (χ2n) is 3.57. The average Bonchev–Trinajstić information content (AvgIpc) is 2.78. The molecule has 0 amide bonds. The van der Waals surface area contributed by atoms with E-state index in [1.165, 1.54) is 11.1 Å². The molecule has 0 aliphatic heterocycles. The van der Waals surface area contributed by atoms with Gasteiger partial charge in [0.25, 0.3) is 0 Å². The Hall–Kier alpha value is -0.930. The Labute approximate surface area is 104 Å². The molecule has 0 saturated carbocycles. The molecule has 1 atom stereocenters. The fourth-order valence-electron chi connectivity index (χ4n) is 1.54. The molecule has 2 nitrogen and oxygen atoms in total. The van der Waals surface area contributed by atoms with Gasteiger partial charge < -0.3 is 0 Å². The van der Waals surface area contributed by atoms with Crippen molar-refractivity contribution >= 4 is 22.9 Å². The summed E-state index contributed by atoms with van der Waals surface area (Å²) in [5, 5.41) is 10.1. The fourth-order valence-corrected chi connectivity index (χ4v) is 2.55. The standard InChI is InChI=1S/C12H13ClN2S/c1-3-9-6-4-5-7-10(9)12-15-14-11(16-12)8(2)13/h4-8H,3H2,1-2H3. The predicted octanol–water partition coefficient (Wildman–Crippen LogP) is 4.07. The molecular formula is C12H13ClN2S. The normalized spacial score (nSPS) is 12.7. The highest BCUT2D eigenvalue weighted by atomic mass is 35.5. The summed E-state index contributed by atoms with van der Waals surface area (Å²) in [7, 11) is 0. The summed E-state index contributed by atoms with van der Waals surface area (Å²) in [5.41, 5.74) is 2.47. The van der Waals surface area contributed by atoms with Gasteiger partial charge in [-0.2, -0.15) is 0 Å². The van der Waals surface area contributed by atoms with Crippen LogP contribution in [0.3, 0.4) is 0 Å². The van der Waals surface area contributed by atoms with Crippen LogP contribution in [0.25, 0.3) is 10.6 Å². The summed E-state index contributed by atoms with van der Waals surface area (Å²) in [6, 6.07) is 8.29. The molecule has 1 aromatic heterocycles. The molecule has 0 aliphatic rings. The maximum absolute atomic E-state index is 5.99. The van der Waals surface area contributed by atoms with E-state index in [-0.39, 0.29) is 5.38 Å². The minimum absolute atomic E-state index is 0.0694. The van der Waals surface area contributed by atoms with E-state index in [1.54, 1.807) is 11.3 Å². The van der Waals surface area contributed by atoms with Gasteiger partial charge in [-0.1, -0.05) is 42.5 Å². The Kier molecular flexibility index (Phi) is 3.56. The van der Waals surface area contributed by atoms with Crippen LogP contribution in [-0.4, -0.2) is 10.2 Å². The van der Waals surface area contributed by atoms with Gasteiger partial charge in [0.1, 0.15) is 10.0 Å². The Balaban J connectivity index is 2.42. The van der Waals surface area contributed by atoms with E-state index in [0.717, 1.165) is 16.4 Å². The highest BCUT2D eigenvalue weighted by Crippen LogP contribution is 2.31. The highest BCUT2D eigenvalue weighted by Gasteiger charge is 2.12. The monoisotopic (exact) mass is 252 g/mol. The van der Waals surface area contributed by atoms with Crippen LogP contribution in [0.5, 0.6) is 0 Å². The van der Waals surface area contributed by atoms with Crippen molar-refractivity contribution in [3.8, 4) is 10.6 Å². The molecule has 84 valence electrons. The molecule has 2 aromatic rings. The largest absolute Gasteiger partial charge is 0.148 e. The van der Waals surface area contributed by atoms with Gasteiger partial charge in [0, 0.05) is 5.56 Å². The molecular weight excluding hydrogens is 240 g/mol. The highest BCUT2D eigenvalue weighted by molar-refractivity contribution is 7.15. The second-order valence-corrected chi connectivity index (χ2v) is 5.24. The zero-order valence-corrected chi connectivity index (χ0v) is 10.8. The number of alkyl halides is 1. The Morgan fingerprint density at radius 2 is 2.06 bits per heavy atom. The number of aryl methyl sites for hydroxylation is 1. The SMILES string of the molecule is CCc1ccccc1-c1nnc(C(C)Cl)s1. The van der Waals surface area contributed by atoms with Crippen molar-refractivity contribution < 1.29 is 0 Å². The van der Waals surface area contributed by atoms with Gasteiger partial charge >= 0.3 is 0 Å². The average molecular weight is 253 g/mol. The molecule has 1 heterocycles. The first kappa shape index (κ1) is 11.6. The molecule has 16 heavy (non-hydrogen) atoms. The minimum atomic E-state index is -0.0694. The Morgan fingerprint density at radius 1 is 1.31 bits per heavy atom. The van der Waals surface area contributed by atoms with Crippen LogP contribution in [-0.2, 0) is 6.42 Å². The van der Waals surface area contributed by atoms with Crippen LogP contribution in [0.4, 0.5) is 0 Å². The lowest BCUT2D eigenvalue weighted by molar-refractivity contribution is 0.961. The molecule has 0 N–H and O–H groups in total. The third-order valence-corrected chi connectivity index (χ3v) is 3.88. The molecule has 0 spiro atoms. The number of hydrogen-bond donors (Lipinski definition) is 0. The van der Waals surface area contributed by atoms with E-state index in [4.69, 9.17) is 11.6 Å². The first-order chi connectivity index (χ1) is 7.72. The van der Waals surface area contributed by atoms with E-state index in [0.29, 0.717) is 0 Å². The summed E-state index contributed by atoms with van der Waals surface area (Å²) < 4.78 is 0. The summed E-state index contributed by atoms with van der Waals surface area (Å²) in [5.74, 6) is 0. The van der Waals surface area contributed by atoms with Crippen molar-refractivity contribution in [1.82, 2.24) is 10.2 Å². The van der Waals surface area contributed by atoms with Gasteiger partial charge in [-0.3, -0.25) is 0 Å². The fraction of sp³-hybridized carbons (Fsp3) is 0.333. The van der Waals surface area contributed by atoms with E-state index in [1.807, 2.05) is 13.0 Å². The third kappa shape index (κ3) is 2.25. The van der Waals surface area contributed by atoms with Crippen molar-refractivity contribution in [2.45, 2.75) is 25.6 Å². The number of rotatable bonds is 3. The number of halogens is 1. The summed E-state index contributed by atoms with van der Waals surface area (Å²) in [6.07, 6.45) is 1.00. The second kappa shape index (κ2) is 4.93. The summed E-state index contributed by atoms with van der Waals surface area (Å²) >= 11 is 7.55. The quantitative estimate of drug-likeness (QED) is 0.770. The molecule has 1 unspecified atom stereocenters. The summed E-state index contributed by atoms with van der Waals surface area (Å²) in [4.78, 5) is 0. The van der Waals surface area contributed by atoms with Crippen LogP contribution in [0, 0.1) is 0 Å². The van der Waals surface area contributed by atoms with Crippen LogP contribution in [0.2, 0.25) is 0 Å². The molecule has 1 aromatic carbocycles. The first-order valence-corrected chi connectivity index (χ1v) is 6.53. The van der Waals surface area contributed by atoms with Gasteiger partial charge in [-0.15, -0.1) is 21.8 Å². The lowest BCUT2D eigenvalue weighted by atomic mass is 10.1. The Bertz CT molecular complexity index is 479. The van der Waals surface area contributed by atoms with E-state index in [2.05, 4.69) is 35.3 Å². The molecule has 0 aliphatic carbocycles. The van der Waals surface area contributed by atoms with E-state index in [9.17, 15) is 0 Å². The molecule has 0 radical (unpaired) electrons. The van der Waals surface area contributed by atoms with E-state index < -0.39 is 0 Å². The van der Waals surface area contributed by atoms with E-state index >= 15 is 0 Å². The number of benzene rings is 1. The van der Waals surface area contributed by atoms with Crippen LogP contribution in [0.1, 0.15) is 29.8 Å². The molecule has 0 saturated heterocycles. The Morgan fingerprint density at radius 3 is 2.69 bits per heavy atom. The van der Waals surface area contributed by atoms with Crippen LogP contribution >= 0.6 is 22.9 Å². The predicted molar refractivity (Wildman–Crippen MR) is 69.0 cm³/mol. The van der Waals surface area contributed by atoms with Gasteiger partial charge in [0.2, 0.25) is 0 Å². The maximum atomic E-state index is 5.99. The zero-order valence-electron chi connectivity index (χ0n) is 9.27. The van der Waals surface area contributed by atoms with Gasteiger partial charge in [-0.25, -0.2) is 0 Å². The van der Waals surface area contributed by atoms with Gasteiger partial charge in [-0.05, 0) is 18.9 Å². The van der Waals surface area contributed by atoms with Crippen molar-refractivity contribution in [2.24, 2.45) is 0 Å². The van der Waals surface area contributed by atoms with Gasteiger partial charge in [0.05, 0.1) is 5.38 Å². The summed E-state index contributed by atoms with van der Waals surface area (Å²) in [6.45, 7) is 4.06. The molecule has 0 fully saturated rings. The maximum Gasteiger partial charge on any atom is 0.148 e. The molecule has 4 heteroatoms. The first-order valence-electron chi connectivity index (χ1n) is 5.28. The lowest BCUT2D eigenvalue weighted by Crippen LogP contribution is -1.86.